The molecule has 0 unspecified atom stereocenters. The Morgan fingerprint density at radius 1 is 1.38 bits per heavy atom. The average Bonchev–Trinajstić information content (AvgIpc) is 2.43. The number of carbonyl (C=O) groups is 2. The van der Waals surface area contributed by atoms with Crippen LogP contribution in [0.5, 0.6) is 0 Å². The summed E-state index contributed by atoms with van der Waals surface area (Å²) in [7, 11) is 0. The van der Waals surface area contributed by atoms with Gasteiger partial charge in [0.2, 0.25) is 5.91 Å². The number of hydrogen-bond donors (Lipinski definition) is 2. The van der Waals surface area contributed by atoms with E-state index in [0.717, 1.165) is 18.0 Å². The van der Waals surface area contributed by atoms with E-state index >= 15 is 0 Å². The van der Waals surface area contributed by atoms with Gasteiger partial charge in [0.05, 0.1) is 31.2 Å². The highest BCUT2D eigenvalue weighted by atomic mass is 35.5. The number of anilines is 1. The lowest BCUT2D eigenvalue weighted by molar-refractivity contribution is -0.895. The molecule has 1 aliphatic rings. The van der Waals surface area contributed by atoms with Crippen LogP contribution in [0.2, 0.25) is 5.02 Å². The molecule has 21 heavy (non-hydrogen) atoms. The molecule has 2 N–H and O–H groups in total. The van der Waals surface area contributed by atoms with Gasteiger partial charge >= 0.3 is 0 Å². The number of nitrogens with one attached hydrogen (secondary N) is 2. The number of carbonyl (C=O) groups excluding carboxylic acids is 2. The molecule has 5 nitrogen and oxygen atoms in total. The summed E-state index contributed by atoms with van der Waals surface area (Å²) in [5.74, 6) is -0.593. The highest BCUT2D eigenvalue weighted by Crippen LogP contribution is 2.18. The smallest absolute Gasteiger partial charge is 0.279 e. The number of nitrogens with zero attached hydrogens (tertiary/aromatic N) is 1. The summed E-state index contributed by atoms with van der Waals surface area (Å²) in [4.78, 5) is 26.1. The minimum atomic E-state index is -0.513. The molecule has 2 rings (SSSR count). The molecule has 0 radical (unpaired) electrons. The van der Waals surface area contributed by atoms with Gasteiger partial charge in [0, 0.05) is 12.6 Å². The van der Waals surface area contributed by atoms with Crippen LogP contribution >= 0.6 is 11.6 Å². The Labute approximate surface area is 127 Å². The van der Waals surface area contributed by atoms with Crippen molar-refractivity contribution in [3.63, 3.8) is 0 Å². The Balaban J connectivity index is 1.82. The molecule has 1 aliphatic heterocycles. The van der Waals surface area contributed by atoms with Gasteiger partial charge in [0.15, 0.2) is 6.54 Å². The van der Waals surface area contributed by atoms with Gasteiger partial charge in [-0.05, 0) is 18.2 Å². The third-order valence-corrected chi connectivity index (χ3v) is 3.82. The third-order valence-electron chi connectivity index (χ3n) is 3.53. The van der Waals surface area contributed by atoms with Crippen molar-refractivity contribution in [2.75, 3.05) is 38.0 Å². The molecule has 114 valence electrons. The van der Waals surface area contributed by atoms with Crippen LogP contribution in [0.15, 0.2) is 18.2 Å². The highest BCUT2D eigenvalue weighted by molar-refractivity contribution is 6.31. The standard InChI is InChI=1S/C14H17ClFN3O2/c1-10(20)19-6-4-18(5-7-19)9-14(21)17-11-2-3-13(16)12(15)8-11/h2-3,8H,4-7,9H2,1H3,(H,17,21)/p+1. The van der Waals surface area contributed by atoms with Crippen LogP contribution in [0.1, 0.15) is 6.92 Å². The van der Waals surface area contributed by atoms with Gasteiger partial charge < -0.3 is 15.1 Å². The average molecular weight is 315 g/mol. The summed E-state index contributed by atoms with van der Waals surface area (Å²) in [6, 6.07) is 4.08. The predicted octanol–water partition coefficient (Wildman–Crippen LogP) is 0.165. The van der Waals surface area contributed by atoms with E-state index in [1.165, 1.54) is 18.2 Å². The Morgan fingerprint density at radius 2 is 2.05 bits per heavy atom. The zero-order chi connectivity index (χ0) is 15.4. The van der Waals surface area contributed by atoms with Gasteiger partial charge in [-0.2, -0.15) is 0 Å². The van der Waals surface area contributed by atoms with Crippen molar-refractivity contribution >= 4 is 29.1 Å². The first-order chi connectivity index (χ1) is 9.95. The van der Waals surface area contributed by atoms with Crippen LogP contribution < -0.4 is 10.2 Å². The van der Waals surface area contributed by atoms with E-state index in [-0.39, 0.29) is 16.8 Å². The predicted molar refractivity (Wildman–Crippen MR) is 77.9 cm³/mol. The quantitative estimate of drug-likeness (QED) is 0.835. The second kappa shape index (κ2) is 6.87. The number of benzene rings is 1. The number of quaternary nitrogens is 1. The summed E-state index contributed by atoms with van der Waals surface area (Å²) >= 11 is 5.67. The molecule has 1 aromatic carbocycles. The second-order valence-corrected chi connectivity index (χ2v) is 5.52. The largest absolute Gasteiger partial charge is 0.332 e. The molecule has 0 spiro atoms. The van der Waals surface area contributed by atoms with Gasteiger partial charge in [0.1, 0.15) is 5.82 Å². The van der Waals surface area contributed by atoms with E-state index < -0.39 is 5.82 Å². The lowest BCUT2D eigenvalue weighted by atomic mass is 10.3. The second-order valence-electron chi connectivity index (χ2n) is 5.11. The monoisotopic (exact) mass is 314 g/mol. The SMILES string of the molecule is CC(=O)N1CC[NH+](CC(=O)Nc2ccc(F)c(Cl)c2)CC1. The molecule has 0 bridgehead atoms. The van der Waals surface area contributed by atoms with Crippen molar-refractivity contribution in [3.05, 3.63) is 29.0 Å². The first kappa shape index (κ1) is 15.7. The maximum Gasteiger partial charge on any atom is 0.279 e. The normalized spacial score (nSPS) is 15.9. The van der Waals surface area contributed by atoms with Crippen molar-refractivity contribution in [2.24, 2.45) is 0 Å². The molecule has 1 aromatic rings. The van der Waals surface area contributed by atoms with Crippen molar-refractivity contribution in [1.29, 1.82) is 0 Å². The van der Waals surface area contributed by atoms with Crippen LogP contribution in [-0.2, 0) is 9.59 Å². The van der Waals surface area contributed by atoms with Gasteiger partial charge in [-0.15, -0.1) is 0 Å². The maximum absolute atomic E-state index is 13.0. The van der Waals surface area contributed by atoms with Crippen molar-refractivity contribution in [3.8, 4) is 0 Å². The molecular formula is C14H18ClFN3O2+. The molecule has 2 amide bonds. The fraction of sp³-hybridized carbons (Fsp3) is 0.429. The molecule has 7 heteroatoms. The lowest BCUT2D eigenvalue weighted by Crippen LogP contribution is -3.15. The van der Waals surface area contributed by atoms with Gasteiger partial charge in [-0.3, -0.25) is 9.59 Å². The summed E-state index contributed by atoms with van der Waals surface area (Å²) in [5, 5.41) is 2.68. The molecular weight excluding hydrogens is 297 g/mol. The zero-order valence-electron chi connectivity index (χ0n) is 11.8. The van der Waals surface area contributed by atoms with Crippen LogP contribution in [0.3, 0.4) is 0 Å². The Bertz CT molecular complexity index is 545. The number of rotatable bonds is 3. The molecule has 0 atom stereocenters. The van der Waals surface area contributed by atoms with Gasteiger partial charge in [0.25, 0.3) is 5.91 Å². The molecule has 0 saturated carbocycles. The number of amides is 2. The summed E-state index contributed by atoms with van der Waals surface area (Å²) in [5.41, 5.74) is 0.480. The van der Waals surface area contributed by atoms with E-state index in [0.29, 0.717) is 25.3 Å². The van der Waals surface area contributed by atoms with Crippen molar-refractivity contribution in [2.45, 2.75) is 6.92 Å². The van der Waals surface area contributed by atoms with Gasteiger partial charge in [-0.1, -0.05) is 11.6 Å². The molecule has 1 heterocycles. The summed E-state index contributed by atoms with van der Waals surface area (Å²) in [6.07, 6.45) is 0. The third kappa shape index (κ3) is 4.41. The Morgan fingerprint density at radius 3 is 2.62 bits per heavy atom. The first-order valence-corrected chi connectivity index (χ1v) is 7.17. The summed E-state index contributed by atoms with van der Waals surface area (Å²) in [6.45, 7) is 4.70. The maximum atomic E-state index is 13.0. The minimum Gasteiger partial charge on any atom is -0.332 e. The first-order valence-electron chi connectivity index (χ1n) is 6.79. The molecule has 0 aliphatic carbocycles. The topological polar surface area (TPSA) is 53.9 Å². The van der Waals surface area contributed by atoms with Crippen LogP contribution in [0, 0.1) is 5.82 Å². The Hall–Kier alpha value is -1.66. The number of halogens is 2. The van der Waals surface area contributed by atoms with E-state index in [1.54, 1.807) is 11.8 Å². The Kier molecular flexibility index (Phi) is 5.14. The lowest BCUT2D eigenvalue weighted by Gasteiger charge is -2.31. The number of piperazine rings is 1. The van der Waals surface area contributed by atoms with Crippen LogP contribution in [0.4, 0.5) is 10.1 Å². The van der Waals surface area contributed by atoms with Gasteiger partial charge in [-0.25, -0.2) is 4.39 Å². The van der Waals surface area contributed by atoms with Crippen molar-refractivity contribution < 1.29 is 18.9 Å². The van der Waals surface area contributed by atoms with E-state index in [1.807, 2.05) is 0 Å². The summed E-state index contributed by atoms with van der Waals surface area (Å²) < 4.78 is 13.0. The molecule has 1 saturated heterocycles. The van der Waals surface area contributed by atoms with E-state index in [4.69, 9.17) is 11.6 Å². The van der Waals surface area contributed by atoms with Crippen molar-refractivity contribution in [1.82, 2.24) is 4.90 Å². The van der Waals surface area contributed by atoms with E-state index in [9.17, 15) is 14.0 Å². The highest BCUT2D eigenvalue weighted by Gasteiger charge is 2.23. The van der Waals surface area contributed by atoms with E-state index in [2.05, 4.69) is 5.32 Å². The van der Waals surface area contributed by atoms with Crippen LogP contribution in [0.25, 0.3) is 0 Å². The zero-order valence-corrected chi connectivity index (χ0v) is 12.5. The fourth-order valence-electron chi connectivity index (χ4n) is 2.32. The molecule has 0 aromatic heterocycles. The minimum absolute atomic E-state index is 0.0183. The fourth-order valence-corrected chi connectivity index (χ4v) is 2.50. The van der Waals surface area contributed by atoms with Crippen LogP contribution in [-0.4, -0.2) is 49.4 Å². The molecule has 1 fully saturated rings. The number of hydrogen-bond acceptors (Lipinski definition) is 2.